The lowest BCUT2D eigenvalue weighted by molar-refractivity contribution is -0.137. The number of aliphatic hydroxyl groups is 1. The van der Waals surface area contributed by atoms with Crippen LogP contribution in [0.2, 0.25) is 0 Å². The summed E-state index contributed by atoms with van der Waals surface area (Å²) in [6.07, 6.45) is 10.7. The Kier molecular flexibility index (Phi) is 13.8. The number of aliphatic hydroxyl groups excluding tert-OH is 1. The van der Waals surface area contributed by atoms with Crippen molar-refractivity contribution in [3.63, 3.8) is 0 Å². The van der Waals surface area contributed by atoms with E-state index in [9.17, 15) is 14.7 Å². The van der Waals surface area contributed by atoms with Gasteiger partial charge in [0, 0.05) is 12.3 Å². The highest BCUT2D eigenvalue weighted by Gasteiger charge is 2.15. The van der Waals surface area contributed by atoms with Crippen LogP contribution in [0, 0.1) is 5.92 Å². The standard InChI is InChI=1S/C18H35NO4/c1-2-3-6-12-16(20)13-9-11-15(18(19)23)10-7-4-5-8-14-17(21)22/h15-16,20H,2-14H2,1H3,(H2,19,23)(H,21,22)/t15?,16-/m0/s1. The maximum absolute atomic E-state index is 11.5. The Morgan fingerprint density at radius 1 is 0.870 bits per heavy atom. The van der Waals surface area contributed by atoms with Crippen molar-refractivity contribution in [1.82, 2.24) is 0 Å². The summed E-state index contributed by atoms with van der Waals surface area (Å²) in [7, 11) is 0. The van der Waals surface area contributed by atoms with E-state index in [1.807, 2.05) is 0 Å². The van der Waals surface area contributed by atoms with Gasteiger partial charge in [-0.25, -0.2) is 0 Å². The van der Waals surface area contributed by atoms with Gasteiger partial charge in [-0.3, -0.25) is 9.59 Å². The van der Waals surface area contributed by atoms with Crippen LogP contribution in [0.1, 0.15) is 90.4 Å². The number of carboxylic acid groups (broad SMARTS) is 1. The molecular formula is C18H35NO4. The molecule has 5 heteroatoms. The zero-order chi connectivity index (χ0) is 17.5. The molecule has 136 valence electrons. The first kappa shape index (κ1) is 21.9. The minimum absolute atomic E-state index is 0.114. The number of aliphatic carboxylic acids is 1. The molecule has 23 heavy (non-hydrogen) atoms. The molecule has 0 saturated carbocycles. The predicted octanol–water partition coefficient (Wildman–Crippen LogP) is 3.62. The molecule has 0 aliphatic heterocycles. The Bertz CT molecular complexity index is 320. The van der Waals surface area contributed by atoms with Gasteiger partial charge in [0.05, 0.1) is 6.10 Å². The van der Waals surface area contributed by atoms with E-state index in [2.05, 4.69) is 6.92 Å². The van der Waals surface area contributed by atoms with Gasteiger partial charge in [0.25, 0.3) is 0 Å². The number of hydrogen-bond donors (Lipinski definition) is 3. The number of amides is 1. The van der Waals surface area contributed by atoms with E-state index >= 15 is 0 Å². The van der Waals surface area contributed by atoms with E-state index in [0.29, 0.717) is 6.42 Å². The third-order valence-electron chi connectivity index (χ3n) is 4.33. The maximum Gasteiger partial charge on any atom is 0.303 e. The van der Waals surface area contributed by atoms with Crippen molar-refractivity contribution in [2.45, 2.75) is 96.5 Å². The van der Waals surface area contributed by atoms with E-state index in [4.69, 9.17) is 10.8 Å². The molecule has 0 aromatic rings. The molecule has 0 aromatic carbocycles. The molecule has 0 saturated heterocycles. The molecular weight excluding hydrogens is 294 g/mol. The number of unbranched alkanes of at least 4 members (excludes halogenated alkanes) is 5. The molecule has 0 aromatic heterocycles. The monoisotopic (exact) mass is 329 g/mol. The molecule has 2 atom stereocenters. The van der Waals surface area contributed by atoms with Crippen LogP contribution < -0.4 is 5.73 Å². The molecule has 0 spiro atoms. The number of carboxylic acids is 1. The second kappa shape index (κ2) is 14.5. The number of carbonyl (C=O) groups is 2. The molecule has 5 nitrogen and oxygen atoms in total. The molecule has 0 fully saturated rings. The molecule has 0 aliphatic rings. The van der Waals surface area contributed by atoms with Crippen molar-refractivity contribution in [1.29, 1.82) is 0 Å². The zero-order valence-corrected chi connectivity index (χ0v) is 14.6. The highest BCUT2D eigenvalue weighted by Crippen LogP contribution is 2.19. The van der Waals surface area contributed by atoms with Crippen molar-refractivity contribution in [2.24, 2.45) is 11.7 Å². The van der Waals surface area contributed by atoms with Crippen molar-refractivity contribution in [3.05, 3.63) is 0 Å². The van der Waals surface area contributed by atoms with Crippen LogP contribution in [-0.2, 0) is 9.59 Å². The first-order valence-corrected chi connectivity index (χ1v) is 9.16. The van der Waals surface area contributed by atoms with E-state index in [1.165, 1.54) is 0 Å². The molecule has 0 rings (SSSR count). The third kappa shape index (κ3) is 14.2. The van der Waals surface area contributed by atoms with E-state index in [1.54, 1.807) is 0 Å². The highest BCUT2D eigenvalue weighted by molar-refractivity contribution is 5.76. The summed E-state index contributed by atoms with van der Waals surface area (Å²) in [5.41, 5.74) is 5.45. The van der Waals surface area contributed by atoms with Gasteiger partial charge in [-0.05, 0) is 32.1 Å². The summed E-state index contributed by atoms with van der Waals surface area (Å²) >= 11 is 0. The van der Waals surface area contributed by atoms with Crippen LogP contribution in [0.15, 0.2) is 0 Å². The van der Waals surface area contributed by atoms with E-state index in [0.717, 1.165) is 70.6 Å². The van der Waals surface area contributed by atoms with Crippen molar-refractivity contribution < 1.29 is 19.8 Å². The van der Waals surface area contributed by atoms with E-state index in [-0.39, 0.29) is 24.3 Å². The average Bonchev–Trinajstić information content (AvgIpc) is 2.48. The molecule has 0 aliphatic carbocycles. The summed E-state index contributed by atoms with van der Waals surface area (Å²) in [5, 5.41) is 18.4. The minimum atomic E-state index is -0.752. The molecule has 1 unspecified atom stereocenters. The van der Waals surface area contributed by atoms with Crippen molar-refractivity contribution >= 4 is 11.9 Å². The van der Waals surface area contributed by atoms with Crippen LogP contribution >= 0.6 is 0 Å². The fourth-order valence-electron chi connectivity index (χ4n) is 2.82. The number of primary amides is 1. The van der Waals surface area contributed by atoms with Gasteiger partial charge in [0.1, 0.15) is 0 Å². The SMILES string of the molecule is CCCCC[C@H](O)CCCC(CCCCCCC(=O)O)C(N)=O. The quantitative estimate of drug-likeness (QED) is 0.376. The van der Waals surface area contributed by atoms with Gasteiger partial charge >= 0.3 is 5.97 Å². The summed E-state index contributed by atoms with van der Waals surface area (Å²) in [6, 6.07) is 0. The first-order valence-electron chi connectivity index (χ1n) is 9.16. The lowest BCUT2D eigenvalue weighted by Crippen LogP contribution is -2.23. The van der Waals surface area contributed by atoms with Gasteiger partial charge in [-0.2, -0.15) is 0 Å². The lowest BCUT2D eigenvalue weighted by atomic mass is 9.93. The van der Waals surface area contributed by atoms with Gasteiger partial charge in [-0.15, -0.1) is 0 Å². The number of nitrogens with two attached hydrogens (primary N) is 1. The summed E-state index contributed by atoms with van der Waals surface area (Å²) < 4.78 is 0. The van der Waals surface area contributed by atoms with Crippen LogP contribution in [0.4, 0.5) is 0 Å². The Hall–Kier alpha value is -1.10. The number of carbonyl (C=O) groups excluding carboxylic acids is 1. The lowest BCUT2D eigenvalue weighted by Gasteiger charge is -2.15. The Labute approximate surface area is 140 Å². The first-order chi connectivity index (χ1) is 11.0. The second-order valence-corrected chi connectivity index (χ2v) is 6.53. The Balaban J connectivity index is 3.73. The topological polar surface area (TPSA) is 101 Å². The summed E-state index contributed by atoms with van der Waals surface area (Å²) in [4.78, 5) is 21.9. The summed E-state index contributed by atoms with van der Waals surface area (Å²) in [5.74, 6) is -1.12. The third-order valence-corrected chi connectivity index (χ3v) is 4.33. The smallest absolute Gasteiger partial charge is 0.303 e. The maximum atomic E-state index is 11.5. The van der Waals surface area contributed by atoms with Gasteiger partial charge in [-0.1, -0.05) is 51.9 Å². The number of hydrogen-bond acceptors (Lipinski definition) is 3. The van der Waals surface area contributed by atoms with Crippen molar-refractivity contribution in [2.75, 3.05) is 0 Å². The van der Waals surface area contributed by atoms with Crippen LogP contribution in [-0.4, -0.2) is 28.2 Å². The average molecular weight is 329 g/mol. The molecule has 1 amide bonds. The second-order valence-electron chi connectivity index (χ2n) is 6.53. The fourth-order valence-corrected chi connectivity index (χ4v) is 2.82. The largest absolute Gasteiger partial charge is 0.481 e. The van der Waals surface area contributed by atoms with Crippen LogP contribution in [0.25, 0.3) is 0 Å². The minimum Gasteiger partial charge on any atom is -0.481 e. The van der Waals surface area contributed by atoms with Crippen molar-refractivity contribution in [3.8, 4) is 0 Å². The molecule has 0 heterocycles. The van der Waals surface area contributed by atoms with Crippen LogP contribution in [0.3, 0.4) is 0 Å². The molecule has 0 radical (unpaired) electrons. The van der Waals surface area contributed by atoms with E-state index < -0.39 is 5.97 Å². The Morgan fingerprint density at radius 3 is 2.04 bits per heavy atom. The fraction of sp³-hybridized carbons (Fsp3) is 0.889. The molecule has 0 bridgehead atoms. The van der Waals surface area contributed by atoms with Crippen LogP contribution in [0.5, 0.6) is 0 Å². The van der Waals surface area contributed by atoms with Gasteiger partial charge in [0.15, 0.2) is 0 Å². The predicted molar refractivity (Wildman–Crippen MR) is 92.0 cm³/mol. The summed E-state index contributed by atoms with van der Waals surface area (Å²) in [6.45, 7) is 2.14. The normalized spacial score (nSPS) is 13.7. The Morgan fingerprint density at radius 2 is 1.43 bits per heavy atom. The molecule has 4 N–H and O–H groups in total. The van der Waals surface area contributed by atoms with Gasteiger partial charge < -0.3 is 15.9 Å². The van der Waals surface area contributed by atoms with Gasteiger partial charge in [0.2, 0.25) is 5.91 Å². The zero-order valence-electron chi connectivity index (χ0n) is 14.6. The highest BCUT2D eigenvalue weighted by atomic mass is 16.4. The number of rotatable bonds is 16.